The van der Waals surface area contributed by atoms with Crippen LogP contribution >= 0.6 is 15.9 Å². The Balaban J connectivity index is 2.23. The second-order valence-electron chi connectivity index (χ2n) is 4.57. The van der Waals surface area contributed by atoms with E-state index < -0.39 is 0 Å². The molecule has 0 bridgehead atoms. The Morgan fingerprint density at radius 1 is 1.16 bits per heavy atom. The Bertz CT molecular complexity index is 779. The van der Waals surface area contributed by atoms with Gasteiger partial charge in [0.25, 0.3) is 0 Å². The molecule has 1 aromatic heterocycles. The molecule has 0 amide bonds. The molecular formula is C15H11BrFNO. The molecule has 0 unspecified atom stereocenters. The predicted octanol–water partition coefficient (Wildman–Crippen LogP) is 5.01. The molecule has 0 radical (unpaired) electrons. The standard InChI is InChI=1S/C15H11BrFNO/c1-8-5-9(2)14-13(6-8)18-15(19-14)11-4-3-10(16)7-12(11)17/h3-7H,1-2H3. The Hall–Kier alpha value is -1.68. The minimum absolute atomic E-state index is 0.314. The maximum atomic E-state index is 13.9. The Morgan fingerprint density at radius 3 is 2.68 bits per heavy atom. The second kappa shape index (κ2) is 4.46. The quantitative estimate of drug-likeness (QED) is 0.630. The minimum Gasteiger partial charge on any atom is -0.436 e. The third-order valence-corrected chi connectivity index (χ3v) is 3.47. The Morgan fingerprint density at radius 2 is 1.95 bits per heavy atom. The summed E-state index contributed by atoms with van der Waals surface area (Å²) in [6.07, 6.45) is 0. The van der Waals surface area contributed by atoms with Crippen molar-refractivity contribution in [2.24, 2.45) is 0 Å². The fourth-order valence-electron chi connectivity index (χ4n) is 2.15. The van der Waals surface area contributed by atoms with Crippen LogP contribution in [0, 0.1) is 19.7 Å². The summed E-state index contributed by atoms with van der Waals surface area (Å²) in [6.45, 7) is 3.96. The van der Waals surface area contributed by atoms with Crippen LogP contribution in [0.5, 0.6) is 0 Å². The molecule has 0 saturated heterocycles. The fraction of sp³-hybridized carbons (Fsp3) is 0.133. The number of halogens is 2. The van der Waals surface area contributed by atoms with Gasteiger partial charge in [0.2, 0.25) is 5.89 Å². The van der Waals surface area contributed by atoms with Crippen LogP contribution in [0.25, 0.3) is 22.6 Å². The molecule has 3 aromatic rings. The SMILES string of the molecule is Cc1cc(C)c2oc(-c3ccc(Br)cc3F)nc2c1. The average molecular weight is 320 g/mol. The lowest BCUT2D eigenvalue weighted by Crippen LogP contribution is -1.83. The molecule has 0 spiro atoms. The lowest BCUT2D eigenvalue weighted by Gasteiger charge is -1.98. The molecule has 96 valence electrons. The molecule has 4 heteroatoms. The van der Waals surface area contributed by atoms with Crippen LogP contribution in [-0.2, 0) is 0 Å². The molecule has 0 saturated carbocycles. The van der Waals surface area contributed by atoms with Gasteiger partial charge in [0, 0.05) is 4.47 Å². The molecule has 3 rings (SSSR count). The van der Waals surface area contributed by atoms with E-state index in [0.29, 0.717) is 21.5 Å². The van der Waals surface area contributed by atoms with Gasteiger partial charge in [-0.15, -0.1) is 0 Å². The van der Waals surface area contributed by atoms with Crippen LogP contribution in [0.4, 0.5) is 4.39 Å². The largest absolute Gasteiger partial charge is 0.436 e. The van der Waals surface area contributed by atoms with Gasteiger partial charge in [0.1, 0.15) is 11.3 Å². The van der Waals surface area contributed by atoms with Gasteiger partial charge in [-0.25, -0.2) is 9.37 Å². The lowest BCUT2D eigenvalue weighted by molar-refractivity contribution is 0.592. The molecule has 0 fully saturated rings. The maximum absolute atomic E-state index is 13.9. The molecule has 0 atom stereocenters. The van der Waals surface area contributed by atoms with E-state index in [-0.39, 0.29) is 5.82 Å². The highest BCUT2D eigenvalue weighted by molar-refractivity contribution is 9.10. The number of fused-ring (bicyclic) bond motifs is 1. The van der Waals surface area contributed by atoms with Gasteiger partial charge in [-0.1, -0.05) is 22.0 Å². The highest BCUT2D eigenvalue weighted by Crippen LogP contribution is 2.30. The zero-order valence-electron chi connectivity index (χ0n) is 10.5. The third-order valence-electron chi connectivity index (χ3n) is 2.98. The Labute approximate surface area is 118 Å². The zero-order chi connectivity index (χ0) is 13.6. The lowest BCUT2D eigenvalue weighted by atomic mass is 10.1. The van der Waals surface area contributed by atoms with Gasteiger partial charge < -0.3 is 4.42 Å². The summed E-state index contributed by atoms with van der Waals surface area (Å²) in [7, 11) is 0. The summed E-state index contributed by atoms with van der Waals surface area (Å²) in [5, 5.41) is 0. The summed E-state index contributed by atoms with van der Waals surface area (Å²) in [4.78, 5) is 4.37. The van der Waals surface area contributed by atoms with E-state index in [1.807, 2.05) is 26.0 Å². The summed E-state index contributed by atoms with van der Waals surface area (Å²) >= 11 is 3.23. The molecule has 19 heavy (non-hydrogen) atoms. The predicted molar refractivity (Wildman–Crippen MR) is 76.6 cm³/mol. The van der Waals surface area contributed by atoms with Crippen molar-refractivity contribution in [1.82, 2.24) is 4.98 Å². The first-order chi connectivity index (χ1) is 9.04. The maximum Gasteiger partial charge on any atom is 0.230 e. The van der Waals surface area contributed by atoms with Crippen molar-refractivity contribution < 1.29 is 8.81 Å². The number of nitrogens with zero attached hydrogens (tertiary/aromatic N) is 1. The summed E-state index contributed by atoms with van der Waals surface area (Å²) in [5.41, 5.74) is 3.96. The van der Waals surface area contributed by atoms with Crippen LogP contribution < -0.4 is 0 Å². The van der Waals surface area contributed by atoms with Gasteiger partial charge in [-0.05, 0) is 49.2 Å². The minimum atomic E-state index is -0.352. The fourth-order valence-corrected chi connectivity index (χ4v) is 2.49. The van der Waals surface area contributed by atoms with Crippen LogP contribution in [0.2, 0.25) is 0 Å². The summed E-state index contributed by atoms with van der Waals surface area (Å²) in [6, 6.07) is 8.79. The van der Waals surface area contributed by atoms with Crippen molar-refractivity contribution in [1.29, 1.82) is 0 Å². The van der Waals surface area contributed by atoms with Crippen LogP contribution in [0.15, 0.2) is 39.2 Å². The number of hydrogen-bond donors (Lipinski definition) is 0. The molecule has 2 aromatic carbocycles. The van der Waals surface area contributed by atoms with Crippen LogP contribution in [0.3, 0.4) is 0 Å². The molecule has 1 heterocycles. The zero-order valence-corrected chi connectivity index (χ0v) is 12.1. The number of hydrogen-bond acceptors (Lipinski definition) is 2. The van der Waals surface area contributed by atoms with Crippen molar-refractivity contribution in [3.05, 3.63) is 51.7 Å². The first-order valence-corrected chi connectivity index (χ1v) is 6.67. The van der Waals surface area contributed by atoms with Gasteiger partial charge in [0.15, 0.2) is 5.58 Å². The van der Waals surface area contributed by atoms with Crippen LogP contribution in [-0.4, -0.2) is 4.98 Å². The van der Waals surface area contributed by atoms with E-state index in [1.54, 1.807) is 12.1 Å². The molecule has 0 aliphatic rings. The van der Waals surface area contributed by atoms with E-state index in [9.17, 15) is 4.39 Å². The number of benzene rings is 2. The number of oxazole rings is 1. The van der Waals surface area contributed by atoms with E-state index in [2.05, 4.69) is 20.9 Å². The normalized spacial score (nSPS) is 11.2. The molecular weight excluding hydrogens is 309 g/mol. The molecule has 0 N–H and O–H groups in total. The van der Waals surface area contributed by atoms with Gasteiger partial charge in [-0.2, -0.15) is 0 Å². The van der Waals surface area contributed by atoms with E-state index in [1.165, 1.54) is 6.07 Å². The van der Waals surface area contributed by atoms with E-state index in [0.717, 1.165) is 16.6 Å². The molecule has 0 aliphatic heterocycles. The number of aromatic nitrogens is 1. The highest BCUT2D eigenvalue weighted by Gasteiger charge is 2.14. The van der Waals surface area contributed by atoms with E-state index >= 15 is 0 Å². The molecule has 0 aliphatic carbocycles. The monoisotopic (exact) mass is 319 g/mol. The highest BCUT2D eigenvalue weighted by atomic mass is 79.9. The number of aryl methyl sites for hydroxylation is 2. The summed E-state index contributed by atoms with van der Waals surface area (Å²) < 4.78 is 20.3. The third kappa shape index (κ3) is 2.16. The van der Waals surface area contributed by atoms with Crippen molar-refractivity contribution in [3.8, 4) is 11.5 Å². The topological polar surface area (TPSA) is 26.0 Å². The van der Waals surface area contributed by atoms with Gasteiger partial charge >= 0.3 is 0 Å². The molecule has 2 nitrogen and oxygen atoms in total. The van der Waals surface area contributed by atoms with Gasteiger partial charge in [-0.3, -0.25) is 0 Å². The summed E-state index contributed by atoms with van der Waals surface area (Å²) in [5.74, 6) is -0.0380. The first-order valence-electron chi connectivity index (χ1n) is 5.88. The average Bonchev–Trinajstić information content (AvgIpc) is 2.72. The second-order valence-corrected chi connectivity index (χ2v) is 5.49. The van der Waals surface area contributed by atoms with Crippen molar-refractivity contribution >= 4 is 27.0 Å². The smallest absolute Gasteiger partial charge is 0.230 e. The van der Waals surface area contributed by atoms with Crippen molar-refractivity contribution in [3.63, 3.8) is 0 Å². The van der Waals surface area contributed by atoms with Crippen molar-refractivity contribution in [2.45, 2.75) is 13.8 Å². The number of rotatable bonds is 1. The van der Waals surface area contributed by atoms with Crippen LogP contribution in [0.1, 0.15) is 11.1 Å². The first kappa shape index (κ1) is 12.4. The van der Waals surface area contributed by atoms with Crippen molar-refractivity contribution in [2.75, 3.05) is 0 Å². The Kier molecular flexibility index (Phi) is 2.90. The van der Waals surface area contributed by atoms with E-state index in [4.69, 9.17) is 4.42 Å². The van der Waals surface area contributed by atoms with Gasteiger partial charge in [0.05, 0.1) is 5.56 Å².